The lowest BCUT2D eigenvalue weighted by Gasteiger charge is -2.46. The molecule has 0 saturated carbocycles. The van der Waals surface area contributed by atoms with E-state index in [1.165, 1.54) is 31.4 Å². The number of ketones is 1. The molecule has 0 amide bonds. The van der Waals surface area contributed by atoms with Gasteiger partial charge in [0.15, 0.2) is 10.9 Å². The first-order valence-corrected chi connectivity index (χ1v) is 9.58. The number of alkyl halides is 3. The van der Waals surface area contributed by atoms with Crippen molar-refractivity contribution in [3.8, 4) is 5.75 Å². The molecule has 0 aromatic heterocycles. The molecule has 10 heteroatoms. The molecule has 0 bridgehead atoms. The third-order valence-corrected chi connectivity index (χ3v) is 5.38. The van der Waals surface area contributed by atoms with Crippen molar-refractivity contribution in [3.63, 3.8) is 0 Å². The van der Waals surface area contributed by atoms with Crippen molar-refractivity contribution in [2.75, 3.05) is 7.11 Å². The smallest absolute Gasteiger partial charge is 0.437 e. The minimum atomic E-state index is -5.17. The molecule has 1 saturated heterocycles. The second kappa shape index (κ2) is 7.92. The maximum absolute atomic E-state index is 13.9. The first-order valence-electron chi connectivity index (χ1n) is 8.38. The summed E-state index contributed by atoms with van der Waals surface area (Å²) in [5.74, 6) is -2.41. The van der Waals surface area contributed by atoms with E-state index in [-0.39, 0.29) is 5.56 Å². The number of aliphatic hydroxyl groups is 1. The van der Waals surface area contributed by atoms with Crippen LogP contribution in [0.3, 0.4) is 0 Å². The van der Waals surface area contributed by atoms with Crippen LogP contribution in [0.2, 0.25) is 0 Å². The molecule has 29 heavy (non-hydrogen) atoms. The molecule has 1 aliphatic rings. The summed E-state index contributed by atoms with van der Waals surface area (Å²) in [6.45, 7) is 0. The Morgan fingerprint density at radius 2 is 1.90 bits per heavy atom. The van der Waals surface area contributed by atoms with Crippen molar-refractivity contribution < 1.29 is 27.8 Å². The summed E-state index contributed by atoms with van der Waals surface area (Å²) in [6.07, 6.45) is -5.17. The van der Waals surface area contributed by atoms with Gasteiger partial charge in [0, 0.05) is 10.0 Å². The van der Waals surface area contributed by atoms with Crippen molar-refractivity contribution in [2.45, 2.75) is 17.9 Å². The van der Waals surface area contributed by atoms with E-state index in [0.717, 1.165) is 0 Å². The van der Waals surface area contributed by atoms with Crippen LogP contribution in [0.15, 0.2) is 53.0 Å². The van der Waals surface area contributed by atoms with E-state index >= 15 is 0 Å². The molecule has 3 N–H and O–H groups in total. The van der Waals surface area contributed by atoms with Crippen LogP contribution in [-0.2, 0) is 0 Å². The molecule has 1 fully saturated rings. The monoisotopic (exact) mass is 488 g/mol. The first kappa shape index (κ1) is 21.5. The summed E-state index contributed by atoms with van der Waals surface area (Å²) in [5.41, 5.74) is -3.20. The molecule has 3 rings (SSSR count). The molecule has 1 heterocycles. The molecule has 0 aliphatic carbocycles. The number of methoxy groups -OCH3 is 1. The van der Waals surface area contributed by atoms with Crippen LogP contribution in [0.1, 0.15) is 22.0 Å². The zero-order valence-electron chi connectivity index (χ0n) is 15.0. The highest BCUT2D eigenvalue weighted by atomic mass is 79.9. The first-order chi connectivity index (χ1) is 13.6. The van der Waals surface area contributed by atoms with Crippen LogP contribution in [0.5, 0.6) is 5.75 Å². The highest BCUT2D eigenvalue weighted by molar-refractivity contribution is 9.10. The topological polar surface area (TPSA) is 70.6 Å². The quantitative estimate of drug-likeness (QED) is 0.450. The van der Waals surface area contributed by atoms with Crippen molar-refractivity contribution in [3.05, 3.63) is 64.1 Å². The second-order valence-electron chi connectivity index (χ2n) is 6.47. The Balaban J connectivity index is 2.14. The van der Waals surface area contributed by atoms with Gasteiger partial charge in [0.05, 0.1) is 13.2 Å². The molecule has 2 aromatic rings. The summed E-state index contributed by atoms with van der Waals surface area (Å²) in [7, 11) is 1.43. The lowest BCUT2D eigenvalue weighted by atomic mass is 9.77. The molecule has 3 atom stereocenters. The van der Waals surface area contributed by atoms with Crippen molar-refractivity contribution in [1.82, 2.24) is 10.6 Å². The van der Waals surface area contributed by atoms with Gasteiger partial charge in [-0.1, -0.05) is 28.1 Å². The average Bonchev–Trinajstić information content (AvgIpc) is 2.66. The Labute approximate surface area is 178 Å². The van der Waals surface area contributed by atoms with E-state index in [4.69, 9.17) is 17.0 Å². The van der Waals surface area contributed by atoms with Gasteiger partial charge in [-0.2, -0.15) is 13.2 Å². The van der Waals surface area contributed by atoms with Gasteiger partial charge in [-0.25, -0.2) is 0 Å². The lowest BCUT2D eigenvalue weighted by Crippen LogP contribution is -2.72. The maximum Gasteiger partial charge on any atom is 0.437 e. The largest absolute Gasteiger partial charge is 0.497 e. The second-order valence-corrected chi connectivity index (χ2v) is 7.79. The fraction of sp³-hybridized carbons (Fsp3) is 0.263. The van der Waals surface area contributed by atoms with Gasteiger partial charge in [0.1, 0.15) is 11.7 Å². The summed E-state index contributed by atoms with van der Waals surface area (Å²) in [4.78, 5) is 13.2. The normalized spacial score (nSPS) is 24.4. The predicted octanol–water partition coefficient (Wildman–Crippen LogP) is 3.73. The predicted molar refractivity (Wildman–Crippen MR) is 108 cm³/mol. The Morgan fingerprint density at radius 3 is 2.45 bits per heavy atom. The number of carbonyl (C=O) groups excluding carboxylic acids is 1. The number of Topliss-reactive ketones (excluding diaryl/α,β-unsaturated/α-hetero) is 1. The van der Waals surface area contributed by atoms with E-state index in [0.29, 0.717) is 15.8 Å². The third-order valence-electron chi connectivity index (χ3n) is 4.67. The molecule has 0 radical (unpaired) electrons. The molecule has 154 valence electrons. The summed E-state index contributed by atoms with van der Waals surface area (Å²) in [5, 5.41) is 14.8. The number of thiocarbonyl (C=S) groups is 1. The van der Waals surface area contributed by atoms with Crippen LogP contribution in [0.4, 0.5) is 13.2 Å². The van der Waals surface area contributed by atoms with Gasteiger partial charge in [-0.3, -0.25) is 4.79 Å². The summed E-state index contributed by atoms with van der Waals surface area (Å²) >= 11 is 8.17. The van der Waals surface area contributed by atoms with E-state index in [1.807, 2.05) is 5.32 Å². The molecular formula is C19H16BrF3N2O3S. The summed E-state index contributed by atoms with van der Waals surface area (Å²) < 4.78 is 47.4. The highest BCUT2D eigenvalue weighted by Crippen LogP contribution is 2.44. The number of rotatable bonds is 4. The van der Waals surface area contributed by atoms with Gasteiger partial charge < -0.3 is 20.5 Å². The number of nitrogens with one attached hydrogen (secondary N) is 2. The SMILES string of the molecule is COc1ccc(C(=O)C2C(c3cccc(Br)c3)NC(=S)NC2(O)C(F)(F)F)cc1. The number of hydrogen-bond donors (Lipinski definition) is 3. The zero-order chi connectivity index (χ0) is 21.4. The Morgan fingerprint density at radius 1 is 1.24 bits per heavy atom. The molecular weight excluding hydrogens is 473 g/mol. The molecule has 3 unspecified atom stereocenters. The molecule has 2 aromatic carbocycles. The highest BCUT2D eigenvalue weighted by Gasteiger charge is 2.65. The standard InChI is InChI=1S/C19H16BrF3N2O3S/c1-28-13-7-5-10(6-8-13)16(26)14-15(11-3-2-4-12(20)9-11)24-17(29)25-18(14,27)19(21,22)23/h2-9,14-15,27H,1H3,(H2,24,25,29). The van der Waals surface area contributed by atoms with Crippen molar-refractivity contribution >= 4 is 39.0 Å². The number of carbonyl (C=O) groups is 1. The van der Waals surface area contributed by atoms with Gasteiger partial charge in [0.2, 0.25) is 5.72 Å². The number of hydrogen-bond acceptors (Lipinski definition) is 4. The van der Waals surface area contributed by atoms with E-state index in [2.05, 4.69) is 21.2 Å². The minimum absolute atomic E-state index is 0.00473. The number of halogens is 4. The van der Waals surface area contributed by atoms with Crippen LogP contribution in [0, 0.1) is 5.92 Å². The Bertz CT molecular complexity index is 939. The fourth-order valence-electron chi connectivity index (χ4n) is 3.25. The van der Waals surface area contributed by atoms with E-state index < -0.39 is 34.8 Å². The maximum atomic E-state index is 13.9. The minimum Gasteiger partial charge on any atom is -0.497 e. The van der Waals surface area contributed by atoms with Crippen LogP contribution in [0.25, 0.3) is 0 Å². The van der Waals surface area contributed by atoms with Crippen LogP contribution in [-0.4, -0.2) is 35.0 Å². The molecule has 5 nitrogen and oxygen atoms in total. The number of ether oxygens (including phenoxy) is 1. The van der Waals surface area contributed by atoms with E-state index in [1.54, 1.807) is 24.3 Å². The van der Waals surface area contributed by atoms with Crippen LogP contribution >= 0.6 is 28.1 Å². The van der Waals surface area contributed by atoms with Crippen molar-refractivity contribution in [1.29, 1.82) is 0 Å². The molecule has 1 aliphatic heterocycles. The Kier molecular flexibility index (Phi) is 5.88. The van der Waals surface area contributed by atoms with Gasteiger partial charge >= 0.3 is 6.18 Å². The lowest BCUT2D eigenvalue weighted by molar-refractivity contribution is -0.285. The van der Waals surface area contributed by atoms with Gasteiger partial charge in [0.25, 0.3) is 0 Å². The van der Waals surface area contributed by atoms with Crippen LogP contribution < -0.4 is 15.4 Å². The third kappa shape index (κ3) is 4.10. The summed E-state index contributed by atoms with van der Waals surface area (Å²) in [6, 6.07) is 10.8. The molecule has 0 spiro atoms. The zero-order valence-corrected chi connectivity index (χ0v) is 17.4. The van der Waals surface area contributed by atoms with Crippen molar-refractivity contribution in [2.24, 2.45) is 5.92 Å². The van der Waals surface area contributed by atoms with Gasteiger partial charge in [-0.05, 0) is 54.2 Å². The number of benzene rings is 2. The average molecular weight is 489 g/mol. The Hall–Kier alpha value is -2.17. The van der Waals surface area contributed by atoms with Gasteiger partial charge in [-0.15, -0.1) is 0 Å². The van der Waals surface area contributed by atoms with E-state index in [9.17, 15) is 23.1 Å². The fourth-order valence-corrected chi connectivity index (χ4v) is 3.95.